The molecule has 0 aliphatic carbocycles. The Morgan fingerprint density at radius 1 is 1.17 bits per heavy atom. The highest BCUT2D eigenvalue weighted by molar-refractivity contribution is 6.31. The molecule has 0 rings (SSSR count). The van der Waals surface area contributed by atoms with E-state index < -0.39 is 11.9 Å². The van der Waals surface area contributed by atoms with Crippen LogP contribution in [0.15, 0.2) is 0 Å². The molecular formula is C6H10N2O4. The number of rotatable bonds is 3. The summed E-state index contributed by atoms with van der Waals surface area (Å²) in [4.78, 5) is 30.6. The first kappa shape index (κ1) is 10.4. The van der Waals surface area contributed by atoms with Gasteiger partial charge in [0, 0.05) is 20.0 Å². The van der Waals surface area contributed by atoms with Crippen LogP contribution in [-0.2, 0) is 14.4 Å². The molecule has 0 saturated heterocycles. The highest BCUT2D eigenvalue weighted by Crippen LogP contribution is 1.66. The zero-order valence-corrected chi connectivity index (χ0v) is 6.59. The fraction of sp³-hybridized carbons (Fsp3) is 0.500. The first-order valence-electron chi connectivity index (χ1n) is 3.29. The minimum Gasteiger partial charge on any atom is -0.474 e. The Balaban J connectivity index is 3.38. The molecule has 0 fully saturated rings. The molecule has 3 N–H and O–H groups in total. The van der Waals surface area contributed by atoms with Crippen LogP contribution in [0, 0.1) is 0 Å². The van der Waals surface area contributed by atoms with Crippen molar-refractivity contribution < 1.29 is 19.5 Å². The second kappa shape index (κ2) is 5.11. The largest absolute Gasteiger partial charge is 0.474 e. The van der Waals surface area contributed by atoms with E-state index in [1.165, 1.54) is 6.92 Å². The summed E-state index contributed by atoms with van der Waals surface area (Å²) >= 11 is 0. The van der Waals surface area contributed by atoms with Crippen molar-refractivity contribution in [3.8, 4) is 0 Å². The minimum atomic E-state index is -1.53. The molecule has 0 atom stereocenters. The van der Waals surface area contributed by atoms with Crippen molar-refractivity contribution in [2.75, 3.05) is 13.1 Å². The Morgan fingerprint density at radius 3 is 2.08 bits per heavy atom. The number of carbonyl (C=O) groups is 3. The molecule has 68 valence electrons. The molecule has 0 radical (unpaired) electrons. The molecule has 6 nitrogen and oxygen atoms in total. The van der Waals surface area contributed by atoms with Gasteiger partial charge in [0.1, 0.15) is 0 Å². The lowest BCUT2D eigenvalue weighted by Crippen LogP contribution is -2.37. The fourth-order valence-corrected chi connectivity index (χ4v) is 0.490. The van der Waals surface area contributed by atoms with Gasteiger partial charge in [0.15, 0.2) is 0 Å². The maximum atomic E-state index is 10.4. The Hall–Kier alpha value is -1.59. The molecule has 0 saturated carbocycles. The number of carboxylic acids is 1. The second-order valence-electron chi connectivity index (χ2n) is 2.04. The summed E-state index contributed by atoms with van der Waals surface area (Å²) in [5.41, 5.74) is 0. The molecule has 6 heteroatoms. The van der Waals surface area contributed by atoms with Gasteiger partial charge < -0.3 is 15.7 Å². The number of carbonyl (C=O) groups excluding carboxylic acids is 2. The predicted octanol–water partition coefficient (Wildman–Crippen LogP) is -1.68. The number of hydrogen-bond acceptors (Lipinski definition) is 3. The van der Waals surface area contributed by atoms with Crippen molar-refractivity contribution in [1.29, 1.82) is 0 Å². The second-order valence-corrected chi connectivity index (χ2v) is 2.04. The lowest BCUT2D eigenvalue weighted by Gasteiger charge is -2.01. The maximum absolute atomic E-state index is 10.4. The first-order valence-corrected chi connectivity index (χ1v) is 3.29. The average Bonchev–Trinajstić information content (AvgIpc) is 1.97. The molecule has 0 unspecified atom stereocenters. The van der Waals surface area contributed by atoms with Crippen LogP contribution in [-0.4, -0.2) is 36.0 Å². The molecule has 0 aromatic heterocycles. The molecule has 2 amide bonds. The summed E-state index contributed by atoms with van der Waals surface area (Å²) < 4.78 is 0. The number of aliphatic carboxylic acids is 1. The van der Waals surface area contributed by atoms with Gasteiger partial charge in [-0.2, -0.15) is 0 Å². The molecule has 0 bridgehead atoms. The summed E-state index contributed by atoms with van der Waals surface area (Å²) in [6, 6.07) is 0. The molecule has 0 heterocycles. The SMILES string of the molecule is CC(=O)NCCNC(=O)C(=O)O. The zero-order valence-electron chi connectivity index (χ0n) is 6.59. The maximum Gasteiger partial charge on any atom is 0.394 e. The van der Waals surface area contributed by atoms with E-state index >= 15 is 0 Å². The fourth-order valence-electron chi connectivity index (χ4n) is 0.490. The van der Waals surface area contributed by atoms with Crippen LogP contribution in [0.5, 0.6) is 0 Å². The van der Waals surface area contributed by atoms with Crippen molar-refractivity contribution in [2.45, 2.75) is 6.92 Å². The summed E-state index contributed by atoms with van der Waals surface area (Å²) in [6.07, 6.45) is 0. The number of amides is 2. The third-order valence-corrected chi connectivity index (χ3v) is 0.979. The lowest BCUT2D eigenvalue weighted by molar-refractivity contribution is -0.150. The van der Waals surface area contributed by atoms with Crippen molar-refractivity contribution in [3.63, 3.8) is 0 Å². The van der Waals surface area contributed by atoms with Crippen molar-refractivity contribution in [2.24, 2.45) is 0 Å². The van der Waals surface area contributed by atoms with E-state index in [1.807, 2.05) is 0 Å². The predicted molar refractivity (Wildman–Crippen MR) is 39.3 cm³/mol. The molecule has 0 aliphatic rings. The Kier molecular flexibility index (Phi) is 4.43. The molecule has 0 spiro atoms. The lowest BCUT2D eigenvalue weighted by atomic mass is 10.5. The van der Waals surface area contributed by atoms with Gasteiger partial charge in [-0.05, 0) is 0 Å². The van der Waals surface area contributed by atoms with Gasteiger partial charge >= 0.3 is 11.9 Å². The molecule has 0 aromatic carbocycles. The molecular weight excluding hydrogens is 164 g/mol. The molecule has 0 aromatic rings. The van der Waals surface area contributed by atoms with Crippen LogP contribution < -0.4 is 10.6 Å². The Bertz CT molecular complexity index is 202. The minimum absolute atomic E-state index is 0.116. The van der Waals surface area contributed by atoms with E-state index in [-0.39, 0.29) is 19.0 Å². The first-order chi connectivity index (χ1) is 5.54. The summed E-state index contributed by atoms with van der Waals surface area (Å²) in [6.45, 7) is 1.68. The van der Waals surface area contributed by atoms with Crippen LogP contribution in [0.25, 0.3) is 0 Å². The highest BCUT2D eigenvalue weighted by atomic mass is 16.4. The van der Waals surface area contributed by atoms with Crippen LogP contribution in [0.4, 0.5) is 0 Å². The van der Waals surface area contributed by atoms with Crippen LogP contribution >= 0.6 is 0 Å². The van der Waals surface area contributed by atoms with Crippen LogP contribution in [0.1, 0.15) is 6.92 Å². The van der Waals surface area contributed by atoms with Crippen LogP contribution in [0.2, 0.25) is 0 Å². The zero-order chi connectivity index (χ0) is 9.56. The number of nitrogens with one attached hydrogen (secondary N) is 2. The standard InChI is InChI=1S/C6H10N2O4/c1-4(9)7-2-3-8-5(10)6(11)12/h2-3H2,1H3,(H,7,9)(H,8,10)(H,11,12). The smallest absolute Gasteiger partial charge is 0.394 e. The van der Waals surface area contributed by atoms with Gasteiger partial charge in [-0.15, -0.1) is 0 Å². The summed E-state index contributed by atoms with van der Waals surface area (Å²) in [5, 5.41) is 12.6. The Morgan fingerprint density at radius 2 is 1.67 bits per heavy atom. The summed E-state index contributed by atoms with van der Waals surface area (Å²) in [7, 11) is 0. The van der Waals surface area contributed by atoms with Gasteiger partial charge in [-0.1, -0.05) is 0 Å². The van der Waals surface area contributed by atoms with E-state index in [2.05, 4.69) is 10.6 Å². The van der Waals surface area contributed by atoms with Gasteiger partial charge in [0.2, 0.25) is 5.91 Å². The van der Waals surface area contributed by atoms with Gasteiger partial charge in [-0.25, -0.2) is 4.79 Å². The van der Waals surface area contributed by atoms with Crippen molar-refractivity contribution in [3.05, 3.63) is 0 Å². The van der Waals surface area contributed by atoms with Gasteiger partial charge in [0.05, 0.1) is 0 Å². The third-order valence-electron chi connectivity index (χ3n) is 0.979. The number of carboxylic acid groups (broad SMARTS) is 1. The Labute approximate surface area is 68.9 Å². The number of hydrogen-bond donors (Lipinski definition) is 3. The van der Waals surface area contributed by atoms with E-state index in [9.17, 15) is 14.4 Å². The normalized spacial score (nSPS) is 8.75. The highest BCUT2D eigenvalue weighted by Gasteiger charge is 2.08. The van der Waals surface area contributed by atoms with E-state index in [0.29, 0.717) is 0 Å². The molecule has 12 heavy (non-hydrogen) atoms. The van der Waals surface area contributed by atoms with Crippen molar-refractivity contribution >= 4 is 17.8 Å². The van der Waals surface area contributed by atoms with Gasteiger partial charge in [-0.3, -0.25) is 9.59 Å². The van der Waals surface area contributed by atoms with E-state index in [0.717, 1.165) is 0 Å². The monoisotopic (exact) mass is 174 g/mol. The summed E-state index contributed by atoms with van der Waals surface area (Å²) in [5.74, 6) is -2.82. The van der Waals surface area contributed by atoms with Crippen molar-refractivity contribution in [1.82, 2.24) is 10.6 Å². The quantitative estimate of drug-likeness (QED) is 0.352. The molecule has 0 aliphatic heterocycles. The van der Waals surface area contributed by atoms with Crippen LogP contribution in [0.3, 0.4) is 0 Å². The van der Waals surface area contributed by atoms with E-state index in [1.54, 1.807) is 0 Å². The van der Waals surface area contributed by atoms with Gasteiger partial charge in [0.25, 0.3) is 0 Å². The topological polar surface area (TPSA) is 95.5 Å². The van der Waals surface area contributed by atoms with E-state index in [4.69, 9.17) is 5.11 Å². The third kappa shape index (κ3) is 5.21. The average molecular weight is 174 g/mol.